The van der Waals surface area contributed by atoms with E-state index in [-0.39, 0.29) is 17.9 Å². The van der Waals surface area contributed by atoms with Crippen LogP contribution in [-0.2, 0) is 11.2 Å². The summed E-state index contributed by atoms with van der Waals surface area (Å²) in [5.41, 5.74) is 9.49. The molecule has 0 aromatic heterocycles. The summed E-state index contributed by atoms with van der Waals surface area (Å²) in [7, 11) is 0. The fraction of sp³-hybridized carbons (Fsp3) is 0.300. The van der Waals surface area contributed by atoms with E-state index < -0.39 is 0 Å². The number of carbonyl (C=O) groups excluding carboxylic acids is 1. The Balaban J connectivity index is 2.19. The van der Waals surface area contributed by atoms with Crippen molar-refractivity contribution in [2.75, 3.05) is 6.61 Å². The van der Waals surface area contributed by atoms with Gasteiger partial charge in [0.1, 0.15) is 0 Å². The van der Waals surface area contributed by atoms with E-state index in [4.69, 9.17) is 15.7 Å². The van der Waals surface area contributed by atoms with E-state index in [0.29, 0.717) is 17.7 Å². The summed E-state index contributed by atoms with van der Waals surface area (Å²) in [6.45, 7) is 4.12. The van der Waals surface area contributed by atoms with Crippen molar-refractivity contribution in [2.24, 2.45) is 5.73 Å². The third-order valence-electron chi connectivity index (χ3n) is 4.00. The number of nitrogens with two attached hydrogens (primary N) is 1. The third-order valence-corrected chi connectivity index (χ3v) is 4.00. The Morgan fingerprint density at radius 3 is 2.54 bits per heavy atom. The predicted molar refractivity (Wildman–Crippen MR) is 93.6 cm³/mol. The molecule has 2 aromatic rings. The number of ether oxygens (including phenoxy) is 1. The Hall–Kier alpha value is -2.64. The Morgan fingerprint density at radius 1 is 1.25 bits per heavy atom. The zero-order valence-corrected chi connectivity index (χ0v) is 14.0. The van der Waals surface area contributed by atoms with Crippen LogP contribution < -0.4 is 5.73 Å². The van der Waals surface area contributed by atoms with Crippen LogP contribution in [0.2, 0.25) is 0 Å². The van der Waals surface area contributed by atoms with Gasteiger partial charge < -0.3 is 10.5 Å². The zero-order chi connectivity index (χ0) is 17.5. The topological polar surface area (TPSA) is 76.1 Å². The molecule has 124 valence electrons. The van der Waals surface area contributed by atoms with Gasteiger partial charge in [0.25, 0.3) is 0 Å². The lowest BCUT2D eigenvalue weighted by Gasteiger charge is -2.22. The van der Waals surface area contributed by atoms with Crippen LogP contribution in [0, 0.1) is 11.3 Å². The molecule has 4 heteroatoms. The molecular formula is C20H22N2O2. The lowest BCUT2D eigenvalue weighted by molar-refractivity contribution is 0.0526. The van der Waals surface area contributed by atoms with Gasteiger partial charge in [0.05, 0.1) is 23.8 Å². The largest absolute Gasteiger partial charge is 0.462 e. The van der Waals surface area contributed by atoms with Gasteiger partial charge in [0, 0.05) is 12.0 Å². The van der Waals surface area contributed by atoms with Gasteiger partial charge in [0.15, 0.2) is 0 Å². The van der Waals surface area contributed by atoms with Gasteiger partial charge in [-0.1, -0.05) is 24.3 Å². The number of carbonyl (C=O) groups is 1. The molecule has 0 fully saturated rings. The average molecular weight is 322 g/mol. The molecule has 0 saturated carbocycles. The molecule has 24 heavy (non-hydrogen) atoms. The predicted octanol–water partition coefficient (Wildman–Crippen LogP) is 3.41. The van der Waals surface area contributed by atoms with E-state index in [1.54, 1.807) is 25.1 Å². The fourth-order valence-electron chi connectivity index (χ4n) is 2.69. The molecule has 0 heterocycles. The van der Waals surface area contributed by atoms with Crippen LogP contribution in [0.5, 0.6) is 0 Å². The summed E-state index contributed by atoms with van der Waals surface area (Å²) in [4.78, 5) is 11.7. The highest BCUT2D eigenvalue weighted by molar-refractivity contribution is 5.89. The summed E-state index contributed by atoms with van der Waals surface area (Å²) in [6.07, 6.45) is 0.746. The number of hydrogen-bond donors (Lipinski definition) is 1. The molecule has 2 rings (SSSR count). The molecule has 0 radical (unpaired) electrons. The normalized spacial score (nSPS) is 12.9. The van der Waals surface area contributed by atoms with Crippen LogP contribution in [0.25, 0.3) is 0 Å². The van der Waals surface area contributed by atoms with Gasteiger partial charge in [-0.15, -0.1) is 0 Å². The van der Waals surface area contributed by atoms with Crippen molar-refractivity contribution in [1.82, 2.24) is 0 Å². The first kappa shape index (κ1) is 17.7. The average Bonchev–Trinajstić information content (AvgIpc) is 2.60. The highest BCUT2D eigenvalue weighted by Gasteiger charge is 2.18. The monoisotopic (exact) mass is 322 g/mol. The van der Waals surface area contributed by atoms with E-state index in [1.165, 1.54) is 0 Å². The van der Waals surface area contributed by atoms with Crippen molar-refractivity contribution in [3.8, 4) is 6.07 Å². The smallest absolute Gasteiger partial charge is 0.338 e. The Labute approximate surface area is 142 Å². The van der Waals surface area contributed by atoms with Gasteiger partial charge in [-0.25, -0.2) is 4.79 Å². The summed E-state index contributed by atoms with van der Waals surface area (Å²) in [6, 6.07) is 17.1. The minimum absolute atomic E-state index is 0.0522. The van der Waals surface area contributed by atoms with Crippen LogP contribution in [0.3, 0.4) is 0 Å². The van der Waals surface area contributed by atoms with Crippen LogP contribution in [0.4, 0.5) is 0 Å². The first-order valence-electron chi connectivity index (χ1n) is 8.06. The second-order valence-electron chi connectivity index (χ2n) is 5.82. The number of esters is 1. The number of hydrogen-bond acceptors (Lipinski definition) is 4. The van der Waals surface area contributed by atoms with Gasteiger partial charge >= 0.3 is 5.97 Å². The molecule has 0 bridgehead atoms. The molecule has 0 aliphatic carbocycles. The Bertz CT molecular complexity index is 730. The second-order valence-corrected chi connectivity index (χ2v) is 5.82. The minimum atomic E-state index is -0.311. The van der Waals surface area contributed by atoms with E-state index >= 15 is 0 Å². The van der Waals surface area contributed by atoms with Crippen molar-refractivity contribution in [3.05, 3.63) is 70.8 Å². The standard InChI is InChI=1S/C20H22N2O2/c1-3-24-20(23)17-9-7-15(8-10-17)12-19(14(2)22)18-6-4-5-16(11-18)13-21/h4-11,14,19H,3,12,22H2,1-2H3. The van der Waals surface area contributed by atoms with Gasteiger partial charge in [0.2, 0.25) is 0 Å². The molecule has 2 atom stereocenters. The molecule has 0 aliphatic heterocycles. The van der Waals surface area contributed by atoms with Crippen LogP contribution >= 0.6 is 0 Å². The number of benzene rings is 2. The van der Waals surface area contributed by atoms with Crippen molar-refractivity contribution < 1.29 is 9.53 Å². The highest BCUT2D eigenvalue weighted by Crippen LogP contribution is 2.24. The molecule has 0 saturated heterocycles. The lowest BCUT2D eigenvalue weighted by atomic mass is 9.86. The number of nitriles is 1. The van der Waals surface area contributed by atoms with Crippen LogP contribution in [0.15, 0.2) is 48.5 Å². The van der Waals surface area contributed by atoms with E-state index in [2.05, 4.69) is 6.07 Å². The van der Waals surface area contributed by atoms with Crippen molar-refractivity contribution in [1.29, 1.82) is 5.26 Å². The third kappa shape index (κ3) is 4.43. The van der Waals surface area contributed by atoms with E-state index in [0.717, 1.165) is 17.5 Å². The second kappa shape index (κ2) is 8.28. The van der Waals surface area contributed by atoms with Crippen LogP contribution in [-0.4, -0.2) is 18.6 Å². The van der Waals surface area contributed by atoms with E-state index in [9.17, 15) is 4.79 Å². The molecule has 2 N–H and O–H groups in total. The zero-order valence-electron chi connectivity index (χ0n) is 14.0. The maximum atomic E-state index is 11.7. The molecule has 0 spiro atoms. The SMILES string of the molecule is CCOC(=O)c1ccc(CC(c2cccc(C#N)c2)C(C)N)cc1. The molecule has 4 nitrogen and oxygen atoms in total. The molecular weight excluding hydrogens is 300 g/mol. The van der Waals surface area contributed by atoms with Gasteiger partial charge in [-0.3, -0.25) is 0 Å². The van der Waals surface area contributed by atoms with Crippen molar-refractivity contribution >= 4 is 5.97 Å². The summed E-state index contributed by atoms with van der Waals surface area (Å²) in [5.74, 6) is -0.207. The minimum Gasteiger partial charge on any atom is -0.462 e. The van der Waals surface area contributed by atoms with Gasteiger partial charge in [-0.05, 0) is 55.7 Å². The maximum Gasteiger partial charge on any atom is 0.338 e. The van der Waals surface area contributed by atoms with Crippen molar-refractivity contribution in [2.45, 2.75) is 32.2 Å². The fourth-order valence-corrected chi connectivity index (χ4v) is 2.69. The highest BCUT2D eigenvalue weighted by atomic mass is 16.5. The lowest BCUT2D eigenvalue weighted by Crippen LogP contribution is -2.26. The molecule has 0 aliphatic rings. The maximum absolute atomic E-state index is 11.7. The summed E-state index contributed by atoms with van der Waals surface area (Å²) < 4.78 is 4.99. The van der Waals surface area contributed by atoms with Crippen LogP contribution in [0.1, 0.15) is 46.8 Å². The molecule has 2 aromatic carbocycles. The van der Waals surface area contributed by atoms with Gasteiger partial charge in [-0.2, -0.15) is 5.26 Å². The van der Waals surface area contributed by atoms with Crippen molar-refractivity contribution in [3.63, 3.8) is 0 Å². The first-order chi connectivity index (χ1) is 11.5. The number of nitrogens with zero attached hydrogens (tertiary/aromatic N) is 1. The Kier molecular flexibility index (Phi) is 6.11. The first-order valence-corrected chi connectivity index (χ1v) is 8.06. The Morgan fingerprint density at radius 2 is 1.96 bits per heavy atom. The quantitative estimate of drug-likeness (QED) is 0.827. The molecule has 0 amide bonds. The number of rotatable bonds is 6. The molecule has 2 unspecified atom stereocenters. The summed E-state index contributed by atoms with van der Waals surface area (Å²) in [5, 5.41) is 9.07. The summed E-state index contributed by atoms with van der Waals surface area (Å²) >= 11 is 0. The van der Waals surface area contributed by atoms with E-state index in [1.807, 2.05) is 37.3 Å².